The van der Waals surface area contributed by atoms with Crippen LogP contribution >= 0.6 is 0 Å². The first-order chi connectivity index (χ1) is 11.2. The van der Waals surface area contributed by atoms with E-state index in [1.165, 1.54) is 0 Å². The number of rotatable bonds is 5. The Morgan fingerprint density at radius 2 is 1.78 bits per heavy atom. The maximum atomic E-state index is 12.3. The summed E-state index contributed by atoms with van der Waals surface area (Å²) in [6.07, 6.45) is 3.89. The normalized spacial score (nSPS) is 20.8. The molecule has 7 heteroatoms. The van der Waals surface area contributed by atoms with Crippen molar-refractivity contribution in [1.29, 1.82) is 0 Å². The van der Waals surface area contributed by atoms with Gasteiger partial charge in [-0.15, -0.1) is 0 Å². The Bertz CT molecular complexity index is 504. The van der Waals surface area contributed by atoms with Crippen molar-refractivity contribution in [2.75, 3.05) is 65.6 Å². The minimum atomic E-state index is 0.246. The molecule has 0 unspecified atom stereocenters. The van der Waals surface area contributed by atoms with E-state index in [0.717, 1.165) is 58.2 Å². The number of imidazole rings is 1. The van der Waals surface area contributed by atoms with Crippen molar-refractivity contribution in [2.24, 2.45) is 0 Å². The fourth-order valence-electron chi connectivity index (χ4n) is 3.16. The molecule has 0 aliphatic carbocycles. The number of ether oxygens (including phenoxy) is 1. The Morgan fingerprint density at radius 1 is 1.09 bits per heavy atom. The van der Waals surface area contributed by atoms with Crippen LogP contribution in [0, 0.1) is 6.92 Å². The standard InChI is InChI=1S/C16H27N5O2/c1-15-17-2-3-20(15)9-8-18-4-6-19(7-5-18)14-16(22)21-10-12-23-13-11-21/h2-3H,4-14H2,1H3. The molecule has 2 fully saturated rings. The Morgan fingerprint density at radius 3 is 2.43 bits per heavy atom. The van der Waals surface area contributed by atoms with Crippen molar-refractivity contribution < 1.29 is 9.53 Å². The lowest BCUT2D eigenvalue weighted by Crippen LogP contribution is -2.51. The molecule has 0 bridgehead atoms. The fourth-order valence-corrected chi connectivity index (χ4v) is 3.16. The molecule has 0 spiro atoms. The molecule has 2 saturated heterocycles. The van der Waals surface area contributed by atoms with E-state index < -0.39 is 0 Å². The smallest absolute Gasteiger partial charge is 0.236 e. The molecule has 0 aromatic carbocycles. The zero-order valence-electron chi connectivity index (χ0n) is 14.0. The van der Waals surface area contributed by atoms with Crippen molar-refractivity contribution in [1.82, 2.24) is 24.3 Å². The SMILES string of the molecule is Cc1nccn1CCN1CCN(CC(=O)N2CCOCC2)CC1. The monoisotopic (exact) mass is 321 g/mol. The third-order valence-corrected chi connectivity index (χ3v) is 4.77. The second-order valence-corrected chi connectivity index (χ2v) is 6.28. The molecular weight excluding hydrogens is 294 g/mol. The molecule has 0 saturated carbocycles. The number of morpholine rings is 1. The van der Waals surface area contributed by atoms with Crippen LogP contribution < -0.4 is 0 Å². The lowest BCUT2D eigenvalue weighted by Gasteiger charge is -2.36. The summed E-state index contributed by atoms with van der Waals surface area (Å²) in [5.74, 6) is 1.32. The van der Waals surface area contributed by atoms with Crippen LogP contribution in [0.15, 0.2) is 12.4 Å². The largest absolute Gasteiger partial charge is 0.378 e. The number of piperazine rings is 1. The average Bonchev–Trinajstić information content (AvgIpc) is 3.00. The van der Waals surface area contributed by atoms with Crippen molar-refractivity contribution in [2.45, 2.75) is 13.5 Å². The highest BCUT2D eigenvalue weighted by molar-refractivity contribution is 5.78. The summed E-state index contributed by atoms with van der Waals surface area (Å²) in [6, 6.07) is 0. The van der Waals surface area contributed by atoms with Gasteiger partial charge < -0.3 is 14.2 Å². The van der Waals surface area contributed by atoms with E-state index in [1.54, 1.807) is 0 Å². The summed E-state index contributed by atoms with van der Waals surface area (Å²) in [4.78, 5) is 23.2. The molecule has 23 heavy (non-hydrogen) atoms. The summed E-state index contributed by atoms with van der Waals surface area (Å²) in [7, 11) is 0. The summed E-state index contributed by atoms with van der Waals surface area (Å²) in [5.41, 5.74) is 0. The number of carbonyl (C=O) groups is 1. The number of carbonyl (C=O) groups excluding carboxylic acids is 1. The summed E-state index contributed by atoms with van der Waals surface area (Å²) >= 11 is 0. The van der Waals surface area contributed by atoms with Crippen LogP contribution in [0.25, 0.3) is 0 Å². The predicted octanol–water partition coefficient (Wildman–Crippen LogP) is -0.332. The number of nitrogens with zero attached hydrogens (tertiary/aromatic N) is 5. The van der Waals surface area contributed by atoms with Crippen LogP contribution in [0.5, 0.6) is 0 Å². The summed E-state index contributed by atoms with van der Waals surface area (Å²) in [5, 5.41) is 0. The Kier molecular flexibility index (Phi) is 5.64. The van der Waals surface area contributed by atoms with E-state index in [1.807, 2.05) is 24.2 Å². The Hall–Kier alpha value is -1.44. The van der Waals surface area contributed by atoms with Crippen LogP contribution in [-0.2, 0) is 16.1 Å². The van der Waals surface area contributed by atoms with Crippen LogP contribution in [0.3, 0.4) is 0 Å². The molecule has 128 valence electrons. The van der Waals surface area contributed by atoms with E-state index in [9.17, 15) is 4.79 Å². The maximum absolute atomic E-state index is 12.3. The van der Waals surface area contributed by atoms with Crippen LogP contribution in [0.1, 0.15) is 5.82 Å². The molecular formula is C16H27N5O2. The van der Waals surface area contributed by atoms with Gasteiger partial charge in [-0.25, -0.2) is 4.98 Å². The quantitative estimate of drug-likeness (QED) is 0.743. The topological polar surface area (TPSA) is 53.8 Å². The lowest BCUT2D eigenvalue weighted by atomic mass is 10.3. The van der Waals surface area contributed by atoms with Crippen LogP contribution in [0.2, 0.25) is 0 Å². The summed E-state index contributed by atoms with van der Waals surface area (Å²) in [6.45, 7) is 11.4. The van der Waals surface area contributed by atoms with Gasteiger partial charge in [-0.2, -0.15) is 0 Å². The molecule has 3 rings (SSSR count). The number of hydrogen-bond donors (Lipinski definition) is 0. The molecule has 1 amide bonds. The zero-order chi connectivity index (χ0) is 16.1. The maximum Gasteiger partial charge on any atom is 0.236 e. The van der Waals surface area contributed by atoms with Crippen LogP contribution in [-0.4, -0.2) is 95.7 Å². The molecule has 3 heterocycles. The summed E-state index contributed by atoms with van der Waals surface area (Å²) < 4.78 is 7.49. The highest BCUT2D eigenvalue weighted by Crippen LogP contribution is 2.05. The second-order valence-electron chi connectivity index (χ2n) is 6.28. The first-order valence-electron chi connectivity index (χ1n) is 8.50. The highest BCUT2D eigenvalue weighted by Gasteiger charge is 2.22. The van der Waals surface area contributed by atoms with Crippen molar-refractivity contribution in [3.63, 3.8) is 0 Å². The van der Waals surface area contributed by atoms with E-state index in [0.29, 0.717) is 19.8 Å². The highest BCUT2D eigenvalue weighted by atomic mass is 16.5. The van der Waals surface area contributed by atoms with E-state index in [4.69, 9.17) is 4.74 Å². The van der Waals surface area contributed by atoms with Gasteiger partial charge in [-0.1, -0.05) is 0 Å². The van der Waals surface area contributed by atoms with Crippen molar-refractivity contribution in [3.8, 4) is 0 Å². The number of aromatic nitrogens is 2. The molecule has 1 aromatic rings. The van der Waals surface area contributed by atoms with Crippen molar-refractivity contribution >= 4 is 5.91 Å². The molecule has 0 N–H and O–H groups in total. The van der Waals surface area contributed by atoms with Gasteiger partial charge in [0.25, 0.3) is 0 Å². The van der Waals surface area contributed by atoms with E-state index in [-0.39, 0.29) is 5.91 Å². The fraction of sp³-hybridized carbons (Fsp3) is 0.750. The molecule has 7 nitrogen and oxygen atoms in total. The second kappa shape index (κ2) is 7.90. The molecule has 1 aromatic heterocycles. The van der Waals surface area contributed by atoms with Gasteiger partial charge in [0.2, 0.25) is 5.91 Å². The molecule has 0 radical (unpaired) electrons. The van der Waals surface area contributed by atoms with E-state index >= 15 is 0 Å². The van der Waals surface area contributed by atoms with Crippen molar-refractivity contribution in [3.05, 3.63) is 18.2 Å². The first kappa shape index (κ1) is 16.4. The predicted molar refractivity (Wildman–Crippen MR) is 87.2 cm³/mol. The van der Waals surface area contributed by atoms with Gasteiger partial charge >= 0.3 is 0 Å². The molecule has 0 atom stereocenters. The number of amides is 1. The molecule has 2 aliphatic rings. The van der Waals surface area contributed by atoms with Gasteiger partial charge in [0.15, 0.2) is 0 Å². The van der Waals surface area contributed by atoms with Gasteiger partial charge in [-0.3, -0.25) is 14.6 Å². The Labute approximate surface area is 137 Å². The first-order valence-corrected chi connectivity index (χ1v) is 8.50. The number of aryl methyl sites for hydroxylation is 1. The Balaban J connectivity index is 1.36. The minimum absolute atomic E-state index is 0.246. The molecule has 2 aliphatic heterocycles. The average molecular weight is 321 g/mol. The minimum Gasteiger partial charge on any atom is -0.378 e. The van der Waals surface area contributed by atoms with Crippen LogP contribution in [0.4, 0.5) is 0 Å². The van der Waals surface area contributed by atoms with Gasteiger partial charge in [0.05, 0.1) is 19.8 Å². The van der Waals surface area contributed by atoms with Gasteiger partial charge in [-0.05, 0) is 6.92 Å². The number of hydrogen-bond acceptors (Lipinski definition) is 5. The third kappa shape index (κ3) is 4.53. The van der Waals surface area contributed by atoms with E-state index in [2.05, 4.69) is 19.4 Å². The van der Waals surface area contributed by atoms with Gasteiger partial charge in [0.1, 0.15) is 5.82 Å². The zero-order valence-corrected chi connectivity index (χ0v) is 14.0. The van der Waals surface area contributed by atoms with Gasteiger partial charge in [0, 0.05) is 64.8 Å². The third-order valence-electron chi connectivity index (χ3n) is 4.77. The lowest BCUT2D eigenvalue weighted by molar-refractivity contribution is -0.136.